The molecule has 2 aliphatic heterocycles. The Labute approximate surface area is 192 Å². The van der Waals surface area contributed by atoms with Gasteiger partial charge in [0, 0.05) is 37.3 Å². The van der Waals surface area contributed by atoms with E-state index >= 15 is 0 Å². The number of anilines is 2. The molecule has 0 bridgehead atoms. The van der Waals surface area contributed by atoms with Crippen molar-refractivity contribution >= 4 is 44.8 Å². The number of ether oxygens (including phenoxy) is 1. The number of fused-ring (bicyclic) bond motifs is 1. The van der Waals surface area contributed by atoms with Crippen molar-refractivity contribution in [3.63, 3.8) is 0 Å². The third kappa shape index (κ3) is 4.32. The molecule has 2 aliphatic rings. The average Bonchev–Trinajstić information content (AvgIpc) is 2.79. The number of halogens is 1. The van der Waals surface area contributed by atoms with Gasteiger partial charge in [-0.25, -0.2) is 8.42 Å². The van der Waals surface area contributed by atoms with E-state index in [9.17, 15) is 18.0 Å². The first-order chi connectivity index (χ1) is 15.3. The molecule has 1 N–H and O–H groups in total. The molecule has 0 aromatic heterocycles. The zero-order valence-corrected chi connectivity index (χ0v) is 19.2. The van der Waals surface area contributed by atoms with Crippen LogP contribution in [0.15, 0.2) is 47.4 Å². The van der Waals surface area contributed by atoms with Crippen molar-refractivity contribution in [2.24, 2.45) is 5.92 Å². The quantitative estimate of drug-likeness (QED) is 0.713. The SMILES string of the molecule is CCN(C(=O)C1CCN(S(=O)(=O)c2cc3c(cc2Cl)NC(=O)CO3)CC1)c1ccccc1. The van der Waals surface area contributed by atoms with Gasteiger partial charge in [0.1, 0.15) is 10.6 Å². The van der Waals surface area contributed by atoms with Crippen molar-refractivity contribution in [3.8, 4) is 5.75 Å². The van der Waals surface area contributed by atoms with E-state index in [1.807, 2.05) is 37.3 Å². The predicted octanol–water partition coefficient (Wildman–Crippen LogP) is 3.12. The first kappa shape index (κ1) is 22.6. The number of carbonyl (C=O) groups is 2. The summed E-state index contributed by atoms with van der Waals surface area (Å²) in [5.41, 5.74) is 1.18. The van der Waals surface area contributed by atoms with Gasteiger partial charge in [-0.3, -0.25) is 9.59 Å². The Bertz CT molecular complexity index is 1130. The molecule has 0 spiro atoms. The van der Waals surface area contributed by atoms with Crippen molar-refractivity contribution in [1.82, 2.24) is 4.31 Å². The van der Waals surface area contributed by atoms with Crippen LogP contribution in [0.2, 0.25) is 5.02 Å². The molecule has 2 amide bonds. The number of benzene rings is 2. The van der Waals surface area contributed by atoms with Gasteiger partial charge in [-0.15, -0.1) is 0 Å². The molecular formula is C22H24ClN3O5S. The molecule has 1 saturated heterocycles. The van der Waals surface area contributed by atoms with E-state index in [1.165, 1.54) is 16.4 Å². The Morgan fingerprint density at radius 2 is 1.91 bits per heavy atom. The Kier molecular flexibility index (Phi) is 6.41. The summed E-state index contributed by atoms with van der Waals surface area (Å²) in [6.07, 6.45) is 0.854. The van der Waals surface area contributed by atoms with E-state index in [2.05, 4.69) is 5.32 Å². The van der Waals surface area contributed by atoms with Crippen LogP contribution in [0.3, 0.4) is 0 Å². The maximum Gasteiger partial charge on any atom is 0.262 e. The highest BCUT2D eigenvalue weighted by molar-refractivity contribution is 7.89. The highest BCUT2D eigenvalue weighted by atomic mass is 35.5. The van der Waals surface area contributed by atoms with Crippen LogP contribution in [0.4, 0.5) is 11.4 Å². The highest BCUT2D eigenvalue weighted by Gasteiger charge is 2.35. The van der Waals surface area contributed by atoms with Gasteiger partial charge in [0.15, 0.2) is 6.61 Å². The summed E-state index contributed by atoms with van der Waals surface area (Å²) in [6.45, 7) is 2.72. The van der Waals surface area contributed by atoms with Crippen LogP contribution in [0.5, 0.6) is 5.75 Å². The molecule has 2 aromatic rings. The summed E-state index contributed by atoms with van der Waals surface area (Å²) >= 11 is 6.25. The van der Waals surface area contributed by atoms with Crippen molar-refractivity contribution < 1.29 is 22.7 Å². The maximum absolute atomic E-state index is 13.2. The number of nitrogens with one attached hydrogen (secondary N) is 1. The molecule has 0 saturated carbocycles. The van der Waals surface area contributed by atoms with Crippen molar-refractivity contribution in [2.45, 2.75) is 24.7 Å². The van der Waals surface area contributed by atoms with Gasteiger partial charge in [-0.05, 0) is 38.0 Å². The van der Waals surface area contributed by atoms with E-state index in [0.717, 1.165) is 5.69 Å². The summed E-state index contributed by atoms with van der Waals surface area (Å²) in [6, 6.07) is 12.2. The predicted molar refractivity (Wildman–Crippen MR) is 122 cm³/mol. The minimum Gasteiger partial charge on any atom is -0.482 e. The first-order valence-electron chi connectivity index (χ1n) is 10.4. The molecule has 170 valence electrons. The zero-order valence-electron chi connectivity index (χ0n) is 17.6. The van der Waals surface area contributed by atoms with Crippen LogP contribution >= 0.6 is 11.6 Å². The van der Waals surface area contributed by atoms with Crippen molar-refractivity contribution in [2.75, 3.05) is 36.5 Å². The molecular weight excluding hydrogens is 454 g/mol. The number of hydrogen-bond donors (Lipinski definition) is 1. The third-order valence-corrected chi connectivity index (χ3v) is 8.10. The fourth-order valence-corrected chi connectivity index (χ4v) is 6.04. The van der Waals surface area contributed by atoms with E-state index in [0.29, 0.717) is 25.1 Å². The molecule has 0 atom stereocenters. The Morgan fingerprint density at radius 3 is 2.56 bits per heavy atom. The van der Waals surface area contributed by atoms with Crippen molar-refractivity contribution in [3.05, 3.63) is 47.5 Å². The standard InChI is InChI=1S/C22H24ClN3O5S/c1-2-26(16-6-4-3-5-7-16)22(28)15-8-10-25(11-9-15)32(29,30)20-13-19-18(12-17(20)23)24-21(27)14-31-19/h3-7,12-13,15H,2,8-11,14H2,1H3,(H,24,27). The lowest BCUT2D eigenvalue weighted by atomic mass is 9.96. The van der Waals surface area contributed by atoms with E-state index in [1.54, 1.807) is 4.90 Å². The Morgan fingerprint density at radius 1 is 1.22 bits per heavy atom. The van der Waals surface area contributed by atoms with Gasteiger partial charge in [0.05, 0.1) is 10.7 Å². The lowest BCUT2D eigenvalue weighted by molar-refractivity contribution is -0.123. The van der Waals surface area contributed by atoms with Crippen LogP contribution in [-0.4, -0.2) is 50.8 Å². The van der Waals surface area contributed by atoms with Gasteiger partial charge in [-0.2, -0.15) is 4.31 Å². The van der Waals surface area contributed by atoms with Gasteiger partial charge >= 0.3 is 0 Å². The molecule has 4 rings (SSSR count). The molecule has 0 aliphatic carbocycles. The van der Waals surface area contributed by atoms with Gasteiger partial charge in [0.25, 0.3) is 5.91 Å². The monoisotopic (exact) mass is 477 g/mol. The molecule has 32 heavy (non-hydrogen) atoms. The summed E-state index contributed by atoms with van der Waals surface area (Å²) < 4.78 is 33.2. The number of para-hydroxylation sites is 1. The largest absolute Gasteiger partial charge is 0.482 e. The highest BCUT2D eigenvalue weighted by Crippen LogP contribution is 2.37. The number of hydrogen-bond acceptors (Lipinski definition) is 5. The van der Waals surface area contributed by atoms with Gasteiger partial charge < -0.3 is 15.0 Å². The second-order valence-corrected chi connectivity index (χ2v) is 10.0. The average molecular weight is 478 g/mol. The molecule has 1 fully saturated rings. The summed E-state index contributed by atoms with van der Waals surface area (Å²) in [5, 5.41) is 2.62. The lowest BCUT2D eigenvalue weighted by Gasteiger charge is -2.33. The molecule has 8 nitrogen and oxygen atoms in total. The van der Waals surface area contributed by atoms with Crippen LogP contribution in [0.1, 0.15) is 19.8 Å². The Hall–Kier alpha value is -2.62. The summed E-state index contributed by atoms with van der Waals surface area (Å²) in [4.78, 5) is 26.2. The van der Waals surface area contributed by atoms with Gasteiger partial charge in [-0.1, -0.05) is 29.8 Å². The van der Waals surface area contributed by atoms with Crippen LogP contribution < -0.4 is 15.0 Å². The number of rotatable bonds is 5. The zero-order chi connectivity index (χ0) is 22.9. The first-order valence-corrected chi connectivity index (χ1v) is 12.3. The fourth-order valence-electron chi connectivity index (χ4n) is 4.06. The normalized spacial score (nSPS) is 17.2. The topological polar surface area (TPSA) is 96.0 Å². The number of amides is 2. The van der Waals surface area contributed by atoms with Gasteiger partial charge in [0.2, 0.25) is 15.9 Å². The molecule has 0 unspecified atom stereocenters. The second-order valence-electron chi connectivity index (χ2n) is 7.71. The molecule has 2 heterocycles. The van der Waals surface area contributed by atoms with E-state index in [-0.39, 0.29) is 53.1 Å². The minimum atomic E-state index is -3.88. The minimum absolute atomic E-state index is 0.00621. The van der Waals surface area contributed by atoms with Crippen LogP contribution in [0.25, 0.3) is 0 Å². The van der Waals surface area contributed by atoms with Crippen LogP contribution in [-0.2, 0) is 19.6 Å². The summed E-state index contributed by atoms with van der Waals surface area (Å²) in [5.74, 6) is -0.308. The molecule has 10 heteroatoms. The lowest BCUT2D eigenvalue weighted by Crippen LogP contribution is -2.44. The summed E-state index contributed by atoms with van der Waals surface area (Å²) in [7, 11) is -3.88. The Balaban J connectivity index is 1.48. The van der Waals surface area contributed by atoms with Crippen LogP contribution in [0, 0.1) is 5.92 Å². The number of nitrogens with zero attached hydrogens (tertiary/aromatic N) is 2. The molecule has 2 aromatic carbocycles. The number of sulfonamides is 1. The van der Waals surface area contributed by atoms with E-state index < -0.39 is 10.0 Å². The third-order valence-electron chi connectivity index (χ3n) is 5.74. The maximum atomic E-state index is 13.2. The van der Waals surface area contributed by atoms with E-state index in [4.69, 9.17) is 16.3 Å². The molecule has 0 radical (unpaired) electrons. The second kappa shape index (κ2) is 9.09. The van der Waals surface area contributed by atoms with Crippen molar-refractivity contribution in [1.29, 1.82) is 0 Å². The smallest absolute Gasteiger partial charge is 0.262 e. The fraction of sp³-hybridized carbons (Fsp3) is 0.364. The number of piperidine rings is 1. The number of carbonyl (C=O) groups excluding carboxylic acids is 2.